The molecule has 26 heavy (non-hydrogen) atoms. The Kier molecular flexibility index (Phi) is 4.72. The van der Waals surface area contributed by atoms with Crippen LogP contribution in [0.4, 0.5) is 11.4 Å². The van der Waals surface area contributed by atoms with E-state index in [-0.39, 0.29) is 16.4 Å². The molecule has 0 saturated carbocycles. The number of amides is 1. The van der Waals surface area contributed by atoms with Crippen molar-refractivity contribution in [3.63, 3.8) is 0 Å². The summed E-state index contributed by atoms with van der Waals surface area (Å²) >= 11 is 5.08. The highest BCUT2D eigenvalue weighted by molar-refractivity contribution is 7.80. The lowest BCUT2D eigenvalue weighted by Crippen LogP contribution is -2.34. The number of fused-ring (bicyclic) bond motifs is 1. The molecule has 0 atom stereocenters. The van der Waals surface area contributed by atoms with E-state index >= 15 is 0 Å². The number of carbonyl (C=O) groups excluding carboxylic acids is 1. The molecule has 3 aromatic rings. The third-order valence-corrected chi connectivity index (χ3v) is 3.65. The van der Waals surface area contributed by atoms with E-state index in [2.05, 4.69) is 10.6 Å². The molecule has 0 fully saturated rings. The summed E-state index contributed by atoms with van der Waals surface area (Å²) in [5.74, 6) is -0.693. The fourth-order valence-corrected chi connectivity index (χ4v) is 2.52. The normalized spacial score (nSPS) is 10.3. The van der Waals surface area contributed by atoms with E-state index in [0.717, 1.165) is 0 Å². The number of nitro groups is 1. The molecule has 0 aliphatic rings. The van der Waals surface area contributed by atoms with Crippen molar-refractivity contribution in [3.8, 4) is 0 Å². The highest BCUT2D eigenvalue weighted by atomic mass is 32.1. The van der Waals surface area contributed by atoms with Crippen LogP contribution in [0.1, 0.15) is 10.4 Å². The number of rotatable bonds is 3. The number of anilines is 1. The third kappa shape index (κ3) is 3.73. The quantitative estimate of drug-likeness (QED) is 0.316. The topological polar surface area (TPSA) is 114 Å². The van der Waals surface area contributed by atoms with Gasteiger partial charge in [-0.2, -0.15) is 0 Å². The maximum Gasteiger partial charge on any atom is 0.336 e. The van der Waals surface area contributed by atoms with E-state index in [1.54, 1.807) is 24.3 Å². The average molecular weight is 369 g/mol. The van der Waals surface area contributed by atoms with Gasteiger partial charge in [0.25, 0.3) is 11.6 Å². The summed E-state index contributed by atoms with van der Waals surface area (Å²) in [5, 5.41) is 16.9. The largest absolute Gasteiger partial charge is 0.423 e. The van der Waals surface area contributed by atoms with E-state index in [1.807, 2.05) is 0 Å². The molecule has 1 aromatic heterocycles. The summed E-state index contributed by atoms with van der Waals surface area (Å²) < 4.78 is 5.03. The van der Waals surface area contributed by atoms with Crippen LogP contribution >= 0.6 is 12.2 Å². The predicted molar refractivity (Wildman–Crippen MR) is 99.3 cm³/mol. The second-order valence-electron chi connectivity index (χ2n) is 5.19. The van der Waals surface area contributed by atoms with Gasteiger partial charge < -0.3 is 9.73 Å². The van der Waals surface area contributed by atoms with Crippen molar-refractivity contribution in [1.82, 2.24) is 5.32 Å². The Morgan fingerprint density at radius 1 is 1.12 bits per heavy atom. The van der Waals surface area contributed by atoms with Gasteiger partial charge in [0, 0.05) is 23.2 Å². The van der Waals surface area contributed by atoms with Crippen LogP contribution in [-0.4, -0.2) is 15.9 Å². The first-order valence-corrected chi connectivity index (χ1v) is 7.74. The Hall–Kier alpha value is -3.59. The van der Waals surface area contributed by atoms with Crippen LogP contribution in [0.5, 0.6) is 0 Å². The fraction of sp³-hybridized carbons (Fsp3) is 0. The second-order valence-corrected chi connectivity index (χ2v) is 5.60. The van der Waals surface area contributed by atoms with Crippen molar-refractivity contribution in [2.75, 3.05) is 5.32 Å². The molecule has 130 valence electrons. The molecular formula is C17H11N3O5S. The number of nitrogens with one attached hydrogen (secondary N) is 2. The van der Waals surface area contributed by atoms with E-state index in [4.69, 9.17) is 16.6 Å². The predicted octanol–water partition coefficient (Wildman–Crippen LogP) is 2.83. The molecule has 0 aliphatic heterocycles. The van der Waals surface area contributed by atoms with Crippen LogP contribution < -0.4 is 16.3 Å². The van der Waals surface area contributed by atoms with Gasteiger partial charge in [0.2, 0.25) is 0 Å². The molecule has 2 N–H and O–H groups in total. The number of nitrogens with zero attached hydrogens (tertiary/aromatic N) is 1. The van der Waals surface area contributed by atoms with Crippen LogP contribution in [-0.2, 0) is 0 Å². The first-order chi connectivity index (χ1) is 12.4. The number of hydrogen-bond donors (Lipinski definition) is 2. The zero-order chi connectivity index (χ0) is 18.7. The lowest BCUT2D eigenvalue weighted by atomic mass is 10.1. The number of para-hydroxylation sites is 1. The minimum atomic E-state index is -0.693. The van der Waals surface area contributed by atoms with E-state index in [1.165, 1.54) is 30.3 Å². The molecule has 0 radical (unpaired) electrons. The number of thiocarbonyl (C=S) groups is 1. The first kappa shape index (κ1) is 17.2. The minimum absolute atomic E-state index is 0.0233. The van der Waals surface area contributed by atoms with Crippen molar-refractivity contribution >= 4 is 45.6 Å². The molecule has 8 nitrogen and oxygen atoms in total. The second kappa shape index (κ2) is 7.11. The van der Waals surface area contributed by atoms with Crippen molar-refractivity contribution < 1.29 is 14.1 Å². The summed E-state index contributed by atoms with van der Waals surface area (Å²) in [6.07, 6.45) is 0. The molecule has 2 aromatic carbocycles. The third-order valence-electron chi connectivity index (χ3n) is 3.45. The van der Waals surface area contributed by atoms with Gasteiger partial charge in [-0.05, 0) is 42.5 Å². The van der Waals surface area contributed by atoms with Crippen molar-refractivity contribution in [2.45, 2.75) is 0 Å². The molecular weight excluding hydrogens is 358 g/mol. The summed E-state index contributed by atoms with van der Waals surface area (Å²) in [7, 11) is 0. The molecule has 9 heteroatoms. The van der Waals surface area contributed by atoms with Crippen molar-refractivity contribution in [3.05, 3.63) is 80.7 Å². The first-order valence-electron chi connectivity index (χ1n) is 7.34. The van der Waals surface area contributed by atoms with Crippen LogP contribution in [0, 0.1) is 10.1 Å². The van der Waals surface area contributed by atoms with E-state index in [0.29, 0.717) is 16.7 Å². The SMILES string of the molecule is O=C(NC(=S)Nc1ccc2oc(=O)ccc2c1)c1ccccc1[N+](=O)[O-]. The number of nitro benzene ring substituents is 1. The highest BCUT2D eigenvalue weighted by Crippen LogP contribution is 2.19. The standard InChI is InChI=1S/C17H11N3O5S/c21-15-8-5-10-9-11(6-7-14(10)25-15)18-17(26)19-16(22)12-3-1-2-4-13(12)20(23)24/h1-9H,(H2,18,19,22,26). The Morgan fingerprint density at radius 2 is 1.88 bits per heavy atom. The Morgan fingerprint density at radius 3 is 2.65 bits per heavy atom. The fourth-order valence-electron chi connectivity index (χ4n) is 2.31. The number of carbonyl (C=O) groups is 1. The smallest absolute Gasteiger partial charge is 0.336 e. The maximum atomic E-state index is 12.2. The monoisotopic (exact) mass is 369 g/mol. The molecule has 0 aliphatic carbocycles. The highest BCUT2D eigenvalue weighted by Gasteiger charge is 2.19. The summed E-state index contributed by atoms with van der Waals surface area (Å²) in [5.41, 5.74) is 0.109. The lowest BCUT2D eigenvalue weighted by Gasteiger charge is -2.10. The lowest BCUT2D eigenvalue weighted by molar-refractivity contribution is -0.385. The Bertz CT molecular complexity index is 1090. The van der Waals surface area contributed by atoms with Crippen LogP contribution in [0.3, 0.4) is 0 Å². The van der Waals surface area contributed by atoms with Crippen LogP contribution in [0.2, 0.25) is 0 Å². The minimum Gasteiger partial charge on any atom is -0.423 e. The van der Waals surface area contributed by atoms with Crippen molar-refractivity contribution in [1.29, 1.82) is 0 Å². The van der Waals surface area contributed by atoms with Crippen molar-refractivity contribution in [2.24, 2.45) is 0 Å². The Balaban J connectivity index is 1.75. The van der Waals surface area contributed by atoms with Gasteiger partial charge in [0.1, 0.15) is 11.1 Å². The molecule has 0 unspecified atom stereocenters. The summed E-state index contributed by atoms with van der Waals surface area (Å²) in [6.45, 7) is 0. The van der Waals surface area contributed by atoms with Gasteiger partial charge in [0.15, 0.2) is 5.11 Å². The van der Waals surface area contributed by atoms with Gasteiger partial charge in [-0.25, -0.2) is 4.79 Å². The van der Waals surface area contributed by atoms with Gasteiger partial charge in [0.05, 0.1) is 4.92 Å². The van der Waals surface area contributed by atoms with Gasteiger partial charge in [-0.1, -0.05) is 12.1 Å². The van der Waals surface area contributed by atoms with Gasteiger partial charge in [-0.3, -0.25) is 20.2 Å². The summed E-state index contributed by atoms with van der Waals surface area (Å²) in [6, 6.07) is 13.4. The molecule has 1 amide bonds. The molecule has 1 heterocycles. The summed E-state index contributed by atoms with van der Waals surface area (Å²) in [4.78, 5) is 33.8. The van der Waals surface area contributed by atoms with Crippen LogP contribution in [0.15, 0.2) is 63.8 Å². The molecule has 0 bridgehead atoms. The number of benzene rings is 2. The average Bonchev–Trinajstić information content (AvgIpc) is 2.61. The molecule has 3 rings (SSSR count). The molecule has 0 saturated heterocycles. The van der Waals surface area contributed by atoms with Gasteiger partial charge >= 0.3 is 5.63 Å². The maximum absolute atomic E-state index is 12.2. The van der Waals surface area contributed by atoms with E-state index in [9.17, 15) is 19.7 Å². The zero-order valence-corrected chi connectivity index (χ0v) is 13.9. The van der Waals surface area contributed by atoms with E-state index < -0.39 is 16.5 Å². The van der Waals surface area contributed by atoms with Gasteiger partial charge in [-0.15, -0.1) is 0 Å². The Labute approximate surface area is 151 Å². The zero-order valence-electron chi connectivity index (χ0n) is 13.1. The van der Waals surface area contributed by atoms with Crippen LogP contribution in [0.25, 0.3) is 11.0 Å². The number of hydrogen-bond acceptors (Lipinski definition) is 6. The molecule has 0 spiro atoms.